The summed E-state index contributed by atoms with van der Waals surface area (Å²) in [5, 5.41) is 9.82. The molecule has 0 saturated heterocycles. The van der Waals surface area contributed by atoms with Gasteiger partial charge in [-0.05, 0) is 42.3 Å². The normalized spacial score (nSPS) is 14.4. The fourth-order valence-corrected chi connectivity index (χ4v) is 3.04. The molecule has 5 heteroatoms. The Labute approximate surface area is 139 Å². The molecule has 0 radical (unpaired) electrons. The number of hydrogen-bond donors (Lipinski definition) is 1. The lowest BCUT2D eigenvalue weighted by molar-refractivity contribution is 0.0978. The molecule has 24 heavy (non-hydrogen) atoms. The molecule has 4 rings (SSSR count). The van der Waals surface area contributed by atoms with Crippen LogP contribution in [0.2, 0.25) is 0 Å². The van der Waals surface area contributed by atoms with E-state index in [1.54, 1.807) is 36.5 Å². The summed E-state index contributed by atoms with van der Waals surface area (Å²) in [5.74, 6) is 0.692. The first-order valence-corrected chi connectivity index (χ1v) is 7.90. The van der Waals surface area contributed by atoms with E-state index in [9.17, 15) is 9.50 Å². The van der Waals surface area contributed by atoms with Gasteiger partial charge < -0.3 is 9.84 Å². The first-order chi connectivity index (χ1) is 11.7. The van der Waals surface area contributed by atoms with Crippen LogP contribution in [-0.2, 0) is 13.0 Å². The van der Waals surface area contributed by atoms with Crippen molar-refractivity contribution in [1.29, 1.82) is 0 Å². The lowest BCUT2D eigenvalue weighted by Crippen LogP contribution is -2.33. The first-order valence-electron chi connectivity index (χ1n) is 7.90. The van der Waals surface area contributed by atoms with Crippen LogP contribution < -0.4 is 4.74 Å². The van der Waals surface area contributed by atoms with Gasteiger partial charge in [0.1, 0.15) is 23.8 Å². The van der Waals surface area contributed by atoms with Crippen LogP contribution in [-0.4, -0.2) is 28.3 Å². The van der Waals surface area contributed by atoms with Crippen LogP contribution in [0.25, 0.3) is 10.9 Å². The number of aromatic hydroxyl groups is 1. The monoisotopic (exact) mass is 324 g/mol. The van der Waals surface area contributed by atoms with Gasteiger partial charge in [-0.25, -0.2) is 4.39 Å². The molecule has 1 aromatic heterocycles. The van der Waals surface area contributed by atoms with E-state index in [0.29, 0.717) is 29.9 Å². The van der Waals surface area contributed by atoms with Gasteiger partial charge in [0.05, 0.1) is 0 Å². The Bertz CT molecular complexity index is 880. The predicted molar refractivity (Wildman–Crippen MR) is 89.4 cm³/mol. The molecule has 0 aliphatic carbocycles. The number of phenolic OH excluding ortho intramolecular Hbond substituents is 1. The molecule has 3 aromatic rings. The van der Waals surface area contributed by atoms with E-state index in [4.69, 9.17) is 4.74 Å². The van der Waals surface area contributed by atoms with Gasteiger partial charge in [0, 0.05) is 30.2 Å². The molecule has 1 N–H and O–H groups in total. The Morgan fingerprint density at radius 1 is 1.21 bits per heavy atom. The quantitative estimate of drug-likeness (QED) is 0.801. The summed E-state index contributed by atoms with van der Waals surface area (Å²) in [6, 6.07) is 12.2. The van der Waals surface area contributed by atoms with Gasteiger partial charge in [-0.3, -0.25) is 9.88 Å². The van der Waals surface area contributed by atoms with Crippen molar-refractivity contribution in [2.45, 2.75) is 13.0 Å². The second-order valence-corrected chi connectivity index (χ2v) is 5.99. The number of hydrogen-bond acceptors (Lipinski definition) is 4. The number of aromatic nitrogens is 1. The molecule has 4 nitrogen and oxygen atoms in total. The Morgan fingerprint density at radius 3 is 2.88 bits per heavy atom. The van der Waals surface area contributed by atoms with Crippen LogP contribution in [0.4, 0.5) is 4.39 Å². The summed E-state index contributed by atoms with van der Waals surface area (Å²) in [4.78, 5) is 6.40. The van der Waals surface area contributed by atoms with Crippen molar-refractivity contribution in [3.63, 3.8) is 0 Å². The third-order valence-corrected chi connectivity index (χ3v) is 4.31. The minimum Gasteiger partial charge on any atom is -0.508 e. The zero-order valence-corrected chi connectivity index (χ0v) is 13.1. The lowest BCUT2D eigenvalue weighted by Gasteiger charge is -2.29. The molecule has 2 aromatic carbocycles. The number of halogens is 1. The summed E-state index contributed by atoms with van der Waals surface area (Å²) >= 11 is 0. The number of pyridine rings is 1. The molecule has 1 aliphatic rings. The average molecular weight is 324 g/mol. The molecule has 0 fully saturated rings. The van der Waals surface area contributed by atoms with Crippen molar-refractivity contribution in [1.82, 2.24) is 9.88 Å². The van der Waals surface area contributed by atoms with Gasteiger partial charge in [0.2, 0.25) is 0 Å². The molecular weight excluding hydrogens is 307 g/mol. The molecule has 0 bridgehead atoms. The summed E-state index contributed by atoms with van der Waals surface area (Å²) in [6.07, 6.45) is 2.50. The maximum atomic E-state index is 14.3. The van der Waals surface area contributed by atoms with Crippen LogP contribution in [0.3, 0.4) is 0 Å². The second kappa shape index (κ2) is 6.09. The van der Waals surface area contributed by atoms with E-state index < -0.39 is 0 Å². The number of fused-ring (bicyclic) bond motifs is 3. The van der Waals surface area contributed by atoms with Crippen molar-refractivity contribution in [3.05, 3.63) is 65.6 Å². The maximum Gasteiger partial charge on any atom is 0.152 e. The third kappa shape index (κ3) is 2.78. The SMILES string of the molecule is Oc1ccc(CCN2COc3c(cc(F)c4cccnc34)C2)cc1. The minimum absolute atomic E-state index is 0.263. The highest BCUT2D eigenvalue weighted by Gasteiger charge is 2.22. The molecule has 2 heterocycles. The van der Waals surface area contributed by atoms with Crippen LogP contribution >= 0.6 is 0 Å². The van der Waals surface area contributed by atoms with E-state index in [1.165, 1.54) is 0 Å². The average Bonchev–Trinajstić information content (AvgIpc) is 2.61. The largest absolute Gasteiger partial charge is 0.508 e. The van der Waals surface area contributed by atoms with Crippen molar-refractivity contribution >= 4 is 10.9 Å². The highest BCUT2D eigenvalue weighted by atomic mass is 19.1. The number of benzene rings is 2. The van der Waals surface area contributed by atoms with Gasteiger partial charge in [0.25, 0.3) is 0 Å². The molecule has 1 aliphatic heterocycles. The van der Waals surface area contributed by atoms with Crippen LogP contribution in [0.1, 0.15) is 11.1 Å². The number of ether oxygens (including phenoxy) is 1. The summed E-state index contributed by atoms with van der Waals surface area (Å²) in [5.41, 5.74) is 2.56. The van der Waals surface area contributed by atoms with Crippen LogP contribution in [0.15, 0.2) is 48.7 Å². The zero-order valence-electron chi connectivity index (χ0n) is 13.1. The van der Waals surface area contributed by atoms with E-state index >= 15 is 0 Å². The van der Waals surface area contributed by atoms with Gasteiger partial charge >= 0.3 is 0 Å². The third-order valence-electron chi connectivity index (χ3n) is 4.31. The van der Waals surface area contributed by atoms with Crippen molar-refractivity contribution in [2.24, 2.45) is 0 Å². The van der Waals surface area contributed by atoms with E-state index in [-0.39, 0.29) is 11.6 Å². The molecule has 0 unspecified atom stereocenters. The molecule has 0 saturated carbocycles. The Balaban J connectivity index is 1.52. The van der Waals surface area contributed by atoms with Crippen LogP contribution in [0, 0.1) is 5.82 Å². The maximum absolute atomic E-state index is 14.3. The van der Waals surface area contributed by atoms with Gasteiger partial charge in [-0.2, -0.15) is 0 Å². The molecule has 122 valence electrons. The Hall–Kier alpha value is -2.66. The summed E-state index contributed by atoms with van der Waals surface area (Å²) in [7, 11) is 0. The Kier molecular flexibility index (Phi) is 3.78. The molecule has 0 spiro atoms. The van der Waals surface area contributed by atoms with Crippen molar-refractivity contribution < 1.29 is 14.2 Å². The smallest absolute Gasteiger partial charge is 0.152 e. The van der Waals surface area contributed by atoms with Gasteiger partial charge in [-0.1, -0.05) is 12.1 Å². The zero-order chi connectivity index (χ0) is 16.5. The fourth-order valence-electron chi connectivity index (χ4n) is 3.04. The molecule has 0 amide bonds. The highest BCUT2D eigenvalue weighted by molar-refractivity contribution is 5.86. The standard InChI is InChI=1S/C19H17FN2O2/c20-17-10-14-11-22(9-7-13-3-5-15(23)6-4-13)12-24-19(14)18-16(17)2-1-8-21-18/h1-6,8,10,23H,7,9,11-12H2. The highest BCUT2D eigenvalue weighted by Crippen LogP contribution is 2.33. The number of phenols is 1. The van der Waals surface area contributed by atoms with E-state index in [1.807, 2.05) is 12.1 Å². The summed E-state index contributed by atoms with van der Waals surface area (Å²) < 4.78 is 20.1. The van der Waals surface area contributed by atoms with Crippen molar-refractivity contribution in [3.8, 4) is 11.5 Å². The lowest BCUT2D eigenvalue weighted by atomic mass is 10.1. The first kappa shape index (κ1) is 14.9. The predicted octanol–water partition coefficient (Wildman–Crippen LogP) is 3.47. The van der Waals surface area contributed by atoms with E-state index in [2.05, 4.69) is 9.88 Å². The summed E-state index contributed by atoms with van der Waals surface area (Å²) in [6.45, 7) is 1.89. The molecule has 0 atom stereocenters. The van der Waals surface area contributed by atoms with Gasteiger partial charge in [0.15, 0.2) is 5.75 Å². The van der Waals surface area contributed by atoms with Gasteiger partial charge in [-0.15, -0.1) is 0 Å². The van der Waals surface area contributed by atoms with Crippen LogP contribution in [0.5, 0.6) is 11.5 Å². The second-order valence-electron chi connectivity index (χ2n) is 5.99. The fraction of sp³-hybridized carbons (Fsp3) is 0.211. The minimum atomic E-state index is -0.263. The molecular formula is C19H17FN2O2. The topological polar surface area (TPSA) is 45.6 Å². The van der Waals surface area contributed by atoms with Crippen molar-refractivity contribution in [2.75, 3.05) is 13.3 Å². The number of rotatable bonds is 3. The van der Waals surface area contributed by atoms with E-state index in [0.717, 1.165) is 24.1 Å². The Morgan fingerprint density at radius 2 is 2.04 bits per heavy atom. The number of nitrogens with zero attached hydrogens (tertiary/aromatic N) is 2.